The van der Waals surface area contributed by atoms with Crippen molar-refractivity contribution >= 4 is 75.8 Å². The Bertz CT molecular complexity index is 3370. The highest BCUT2D eigenvalue weighted by atomic mass is 16.3. The zero-order valence-electron chi connectivity index (χ0n) is 31.2. The Morgan fingerprint density at radius 2 is 1.00 bits per heavy atom. The second-order valence-electron chi connectivity index (χ2n) is 12.8. The molecule has 0 radical (unpaired) electrons. The maximum atomic E-state index is 8.68. The summed E-state index contributed by atoms with van der Waals surface area (Å²) in [5.41, 5.74) is 6.21. The second-order valence-corrected chi connectivity index (χ2v) is 12.8. The molecule has 0 spiro atoms. The van der Waals surface area contributed by atoms with E-state index in [0.29, 0.717) is 16.7 Å². The van der Waals surface area contributed by atoms with Crippen molar-refractivity contribution in [3.63, 3.8) is 0 Å². The van der Waals surface area contributed by atoms with Gasteiger partial charge in [0.1, 0.15) is 11.2 Å². The van der Waals surface area contributed by atoms with Crippen molar-refractivity contribution in [2.24, 2.45) is 0 Å². The SMILES string of the molecule is [2H]c1c([2H])c([2H])c(-c2cccc3c2oc2cccc(-c4ccc5ccc6c(-c7ccc8ccc9ccccc9c8c7)ccc7ccc4c5c76)c23)c([2H])c1[2H]. The van der Waals surface area contributed by atoms with Gasteiger partial charge in [-0.15, -0.1) is 0 Å². The van der Waals surface area contributed by atoms with Gasteiger partial charge in [0.25, 0.3) is 0 Å². The first-order chi connectivity index (χ1) is 26.4. The molecule has 0 aliphatic rings. The van der Waals surface area contributed by atoms with E-state index >= 15 is 0 Å². The molecule has 0 atom stereocenters. The molecule has 0 aliphatic heterocycles. The van der Waals surface area contributed by atoms with E-state index in [2.05, 4.69) is 109 Å². The van der Waals surface area contributed by atoms with E-state index in [0.717, 1.165) is 27.3 Å². The molecule has 0 unspecified atom stereocenters. The smallest absolute Gasteiger partial charge is 0.143 e. The minimum Gasteiger partial charge on any atom is -0.455 e. The van der Waals surface area contributed by atoms with Gasteiger partial charge >= 0.3 is 0 Å². The van der Waals surface area contributed by atoms with Crippen LogP contribution < -0.4 is 0 Å². The van der Waals surface area contributed by atoms with E-state index in [-0.39, 0.29) is 29.7 Å². The van der Waals surface area contributed by atoms with E-state index in [9.17, 15) is 0 Å². The Balaban J connectivity index is 1.15. The Morgan fingerprint density at radius 3 is 1.84 bits per heavy atom. The third kappa shape index (κ3) is 3.82. The molecule has 1 nitrogen and oxygen atoms in total. The van der Waals surface area contributed by atoms with Crippen LogP contribution in [0.4, 0.5) is 0 Å². The van der Waals surface area contributed by atoms with Gasteiger partial charge in [0.15, 0.2) is 0 Å². The van der Waals surface area contributed by atoms with Gasteiger partial charge in [-0.3, -0.25) is 0 Å². The fourth-order valence-corrected chi connectivity index (χ4v) is 8.11. The van der Waals surface area contributed by atoms with Gasteiger partial charge in [0, 0.05) is 16.3 Å². The Labute approximate surface area is 289 Å². The normalized spacial score (nSPS) is 13.5. The molecule has 1 heteroatoms. The number of fused-ring (bicyclic) bond motifs is 6. The lowest BCUT2D eigenvalue weighted by Crippen LogP contribution is -1.90. The van der Waals surface area contributed by atoms with E-state index in [4.69, 9.17) is 11.3 Å². The van der Waals surface area contributed by atoms with E-state index in [1.165, 1.54) is 59.6 Å². The number of furan rings is 1. The molecular formula is C48H28O. The zero-order valence-corrected chi connectivity index (χ0v) is 26.2. The summed E-state index contributed by atoms with van der Waals surface area (Å²) in [6.07, 6.45) is 0. The lowest BCUT2D eigenvalue weighted by Gasteiger charge is -2.17. The third-order valence-corrected chi connectivity index (χ3v) is 10.3. The van der Waals surface area contributed by atoms with Crippen molar-refractivity contribution in [3.8, 4) is 33.4 Å². The molecule has 49 heavy (non-hydrogen) atoms. The summed E-state index contributed by atoms with van der Waals surface area (Å²) in [6.45, 7) is 0. The van der Waals surface area contributed by atoms with E-state index in [1.54, 1.807) is 6.07 Å². The minimum atomic E-state index is -0.417. The van der Waals surface area contributed by atoms with Gasteiger partial charge in [0.2, 0.25) is 0 Å². The van der Waals surface area contributed by atoms with Gasteiger partial charge in [-0.25, -0.2) is 0 Å². The first-order valence-corrected chi connectivity index (χ1v) is 16.5. The van der Waals surface area contributed by atoms with Gasteiger partial charge in [-0.05, 0) is 93.8 Å². The van der Waals surface area contributed by atoms with Crippen molar-refractivity contribution in [1.82, 2.24) is 0 Å². The largest absolute Gasteiger partial charge is 0.455 e. The van der Waals surface area contributed by atoms with Crippen molar-refractivity contribution in [3.05, 3.63) is 170 Å². The van der Waals surface area contributed by atoms with Crippen LogP contribution in [-0.2, 0) is 0 Å². The lowest BCUT2D eigenvalue weighted by molar-refractivity contribution is 0.670. The van der Waals surface area contributed by atoms with Gasteiger partial charge in [-0.2, -0.15) is 0 Å². The summed E-state index contributed by atoms with van der Waals surface area (Å²) in [7, 11) is 0. The van der Waals surface area contributed by atoms with Gasteiger partial charge in [-0.1, -0.05) is 158 Å². The predicted molar refractivity (Wildman–Crippen MR) is 209 cm³/mol. The van der Waals surface area contributed by atoms with Crippen LogP contribution in [-0.4, -0.2) is 0 Å². The van der Waals surface area contributed by atoms with Crippen molar-refractivity contribution in [2.45, 2.75) is 0 Å². The van der Waals surface area contributed by atoms with Gasteiger partial charge < -0.3 is 4.42 Å². The fraction of sp³-hybridized carbons (Fsp3) is 0. The second kappa shape index (κ2) is 10.0. The molecule has 11 rings (SSSR count). The quantitative estimate of drug-likeness (QED) is 0.178. The summed E-state index contributed by atoms with van der Waals surface area (Å²) in [6, 6.07) is 47.5. The molecule has 0 N–H and O–H groups in total. The monoisotopic (exact) mass is 625 g/mol. The first kappa shape index (κ1) is 22.2. The number of benzene rings is 10. The Hall–Kier alpha value is -6.44. The van der Waals surface area contributed by atoms with Crippen molar-refractivity contribution in [1.29, 1.82) is 0 Å². The predicted octanol–water partition coefficient (Wildman–Crippen LogP) is 13.8. The van der Waals surface area contributed by atoms with Crippen LogP contribution in [0.5, 0.6) is 0 Å². The van der Waals surface area contributed by atoms with Crippen LogP contribution in [0.15, 0.2) is 174 Å². The molecule has 1 heterocycles. The standard InChI is InChI=1S/C48H28O/c1-2-8-29(9-3-1)37-12-6-14-42-47-39(13-7-15-44(47)49-48(37)42)38-25-21-33-22-26-40-36(24-20-32-23-27-41(38)46(33)45(32)40)34-19-18-31-17-16-30-10-4-5-11-35(30)43(31)28-34/h1-28H/i1D,2D,3D,8D,9D. The topological polar surface area (TPSA) is 13.1 Å². The molecule has 0 bridgehead atoms. The molecule has 0 fully saturated rings. The first-order valence-electron chi connectivity index (χ1n) is 19.0. The average Bonchev–Trinajstić information content (AvgIpc) is 3.61. The molecule has 11 aromatic rings. The number of hydrogen-bond acceptors (Lipinski definition) is 1. The summed E-state index contributed by atoms with van der Waals surface area (Å²) >= 11 is 0. The molecule has 0 saturated carbocycles. The molecule has 0 aliphatic carbocycles. The average molecular weight is 626 g/mol. The van der Waals surface area contributed by atoms with E-state index < -0.39 is 6.04 Å². The number of para-hydroxylation sites is 1. The third-order valence-electron chi connectivity index (χ3n) is 10.3. The molecule has 1 aromatic heterocycles. The van der Waals surface area contributed by atoms with Crippen LogP contribution in [0.2, 0.25) is 0 Å². The molecular weight excluding hydrogens is 593 g/mol. The highest BCUT2D eigenvalue weighted by Crippen LogP contribution is 2.46. The summed E-state index contributed by atoms with van der Waals surface area (Å²) in [5, 5.41) is 13.8. The van der Waals surface area contributed by atoms with Crippen LogP contribution in [0.1, 0.15) is 6.85 Å². The van der Waals surface area contributed by atoms with Crippen molar-refractivity contribution in [2.75, 3.05) is 0 Å². The lowest BCUT2D eigenvalue weighted by atomic mass is 9.86. The summed E-state index contributed by atoms with van der Waals surface area (Å²) < 4.78 is 48.6. The van der Waals surface area contributed by atoms with E-state index in [1.807, 2.05) is 24.3 Å². The summed E-state index contributed by atoms with van der Waals surface area (Å²) in [5.74, 6) is 0. The fourth-order valence-electron chi connectivity index (χ4n) is 8.11. The Morgan fingerprint density at radius 1 is 0.367 bits per heavy atom. The minimum absolute atomic E-state index is 0.130. The molecule has 0 saturated heterocycles. The van der Waals surface area contributed by atoms with Crippen LogP contribution >= 0.6 is 0 Å². The highest BCUT2D eigenvalue weighted by molar-refractivity contribution is 6.29. The zero-order chi connectivity index (χ0) is 36.4. The molecule has 0 amide bonds. The molecule has 10 aromatic carbocycles. The maximum Gasteiger partial charge on any atom is 0.143 e. The van der Waals surface area contributed by atoms with Crippen LogP contribution in [0.25, 0.3) is 109 Å². The van der Waals surface area contributed by atoms with Crippen molar-refractivity contribution < 1.29 is 11.3 Å². The Kier molecular flexibility index (Phi) is 4.54. The number of rotatable bonds is 3. The van der Waals surface area contributed by atoms with Crippen LogP contribution in [0, 0.1) is 0 Å². The van der Waals surface area contributed by atoms with Crippen LogP contribution in [0.3, 0.4) is 0 Å². The van der Waals surface area contributed by atoms with Gasteiger partial charge in [0.05, 0.1) is 6.85 Å². The maximum absolute atomic E-state index is 8.68. The highest BCUT2D eigenvalue weighted by Gasteiger charge is 2.19. The molecule has 226 valence electrons. The number of hydrogen-bond donors (Lipinski definition) is 0. The summed E-state index contributed by atoms with van der Waals surface area (Å²) in [4.78, 5) is 0.